The first-order valence-corrected chi connectivity index (χ1v) is 9.43. The van der Waals surface area contributed by atoms with Crippen molar-refractivity contribution in [2.75, 3.05) is 36.0 Å². The highest BCUT2D eigenvalue weighted by atomic mass is 16.4. The van der Waals surface area contributed by atoms with Crippen LogP contribution in [0.4, 0.5) is 11.6 Å². The normalized spacial score (nSPS) is 14.3. The Morgan fingerprint density at radius 3 is 1.29 bits per heavy atom. The monoisotopic (exact) mass is 438 g/mol. The highest BCUT2D eigenvalue weighted by Gasteiger charge is 2.15. The summed E-state index contributed by atoms with van der Waals surface area (Å²) in [5.74, 6) is -0.231. The van der Waals surface area contributed by atoms with Crippen molar-refractivity contribution in [1.29, 1.82) is 0 Å². The van der Waals surface area contributed by atoms with E-state index in [1.807, 2.05) is 0 Å². The van der Waals surface area contributed by atoms with E-state index in [-0.39, 0.29) is 16.4 Å². The number of aromatic carboxylic acids is 2. The summed E-state index contributed by atoms with van der Waals surface area (Å²) in [5, 5.41) is 17.6. The molecule has 0 bridgehead atoms. The summed E-state index contributed by atoms with van der Waals surface area (Å²) < 4.78 is 0. The maximum Gasteiger partial charge on any atom is 0.335 e. The van der Waals surface area contributed by atoms with Gasteiger partial charge in [-0.05, 0) is 49.9 Å². The van der Waals surface area contributed by atoms with Crippen LogP contribution < -0.4 is 9.80 Å². The second kappa shape index (κ2) is 13.1. The fourth-order valence-corrected chi connectivity index (χ4v) is 3.34. The Labute approximate surface area is 179 Å². The molecule has 11 nitrogen and oxygen atoms in total. The fourth-order valence-electron chi connectivity index (χ4n) is 3.34. The zero-order chi connectivity index (χ0) is 19.9. The van der Waals surface area contributed by atoms with E-state index in [2.05, 4.69) is 19.8 Å². The number of carboxylic acids is 2. The number of rotatable bonds is 4. The van der Waals surface area contributed by atoms with Crippen molar-refractivity contribution >= 4 is 23.6 Å². The van der Waals surface area contributed by atoms with Crippen LogP contribution in [-0.2, 0) is 0 Å². The third-order valence-corrected chi connectivity index (χ3v) is 4.85. The van der Waals surface area contributed by atoms with E-state index in [4.69, 9.17) is 10.2 Å². The van der Waals surface area contributed by atoms with E-state index < -0.39 is 11.9 Å². The first kappa shape index (κ1) is 27.7. The Morgan fingerprint density at radius 1 is 0.677 bits per heavy atom. The van der Waals surface area contributed by atoms with Crippen LogP contribution in [-0.4, -0.2) is 74.7 Å². The zero-order valence-corrected chi connectivity index (χ0v) is 17.1. The minimum atomic E-state index is -0.896. The van der Waals surface area contributed by atoms with Gasteiger partial charge in [-0.15, -0.1) is 0 Å². The van der Waals surface area contributed by atoms with E-state index >= 15 is 0 Å². The average Bonchev–Trinajstić information content (AvgIpc) is 3.43. The highest BCUT2D eigenvalue weighted by molar-refractivity contribution is 5.88. The molecule has 0 saturated carbocycles. The van der Waals surface area contributed by atoms with Crippen LogP contribution >= 0.6 is 0 Å². The summed E-state index contributed by atoms with van der Waals surface area (Å²) in [6.07, 6.45) is 7.77. The lowest BCUT2D eigenvalue weighted by atomic mass is 10.2. The van der Waals surface area contributed by atoms with Gasteiger partial charge in [0.05, 0.1) is 11.1 Å². The molecule has 0 unspecified atom stereocenters. The van der Waals surface area contributed by atoms with E-state index in [1.165, 1.54) is 37.8 Å². The van der Waals surface area contributed by atoms with Crippen LogP contribution in [0.1, 0.15) is 46.4 Å². The van der Waals surface area contributed by atoms with Gasteiger partial charge < -0.3 is 36.4 Å². The fraction of sp³-hybridized carbons (Fsp3) is 0.400. The molecule has 8 N–H and O–H groups in total. The average molecular weight is 438 g/mol. The lowest BCUT2D eigenvalue weighted by Gasteiger charge is -2.15. The van der Waals surface area contributed by atoms with Crippen molar-refractivity contribution in [3.63, 3.8) is 0 Å². The Morgan fingerprint density at radius 2 is 1.00 bits per heavy atom. The molecule has 172 valence electrons. The van der Waals surface area contributed by atoms with Crippen LogP contribution in [0.25, 0.3) is 0 Å². The van der Waals surface area contributed by atoms with Gasteiger partial charge in [-0.2, -0.15) is 0 Å². The topological polar surface area (TPSA) is 201 Å². The van der Waals surface area contributed by atoms with E-state index in [0.29, 0.717) is 11.1 Å². The molecule has 0 spiro atoms. The first-order chi connectivity index (χ1) is 13.5. The lowest BCUT2D eigenvalue weighted by Crippen LogP contribution is -2.19. The quantitative estimate of drug-likeness (QED) is 0.677. The van der Waals surface area contributed by atoms with Crippen molar-refractivity contribution < 1.29 is 36.2 Å². The van der Waals surface area contributed by atoms with Gasteiger partial charge in [0.25, 0.3) is 0 Å². The van der Waals surface area contributed by atoms with Gasteiger partial charge in [0.2, 0.25) is 0 Å². The molecule has 0 amide bonds. The molecule has 2 saturated heterocycles. The summed E-state index contributed by atoms with van der Waals surface area (Å²) in [4.78, 5) is 34.0. The van der Waals surface area contributed by atoms with Crippen LogP contribution in [0.15, 0.2) is 36.7 Å². The predicted octanol–water partition coefficient (Wildman–Crippen LogP) is 0.286. The summed E-state index contributed by atoms with van der Waals surface area (Å²) in [5.41, 5.74) is 0.615. The molecule has 31 heavy (non-hydrogen) atoms. The largest absolute Gasteiger partial charge is 0.478 e. The maximum absolute atomic E-state index is 10.7. The summed E-state index contributed by atoms with van der Waals surface area (Å²) in [7, 11) is 0. The van der Waals surface area contributed by atoms with Gasteiger partial charge >= 0.3 is 11.9 Å². The van der Waals surface area contributed by atoms with Crippen LogP contribution in [0.3, 0.4) is 0 Å². The molecule has 0 radical (unpaired) electrons. The number of anilines is 2. The van der Waals surface area contributed by atoms with E-state index in [1.54, 1.807) is 24.5 Å². The Kier molecular flexibility index (Phi) is 11.7. The van der Waals surface area contributed by atoms with E-state index in [0.717, 1.165) is 37.8 Å². The third kappa shape index (κ3) is 7.48. The molecule has 4 rings (SSSR count). The van der Waals surface area contributed by atoms with Gasteiger partial charge in [0.1, 0.15) is 11.6 Å². The Hall–Kier alpha value is -3.28. The molecule has 2 aliphatic heterocycles. The van der Waals surface area contributed by atoms with E-state index in [9.17, 15) is 9.59 Å². The van der Waals surface area contributed by atoms with Gasteiger partial charge in [-0.3, -0.25) is 0 Å². The lowest BCUT2D eigenvalue weighted by molar-refractivity contribution is 0.0686. The molecule has 2 fully saturated rings. The molecule has 4 heterocycles. The molecular weight excluding hydrogens is 408 g/mol. The standard InChI is InChI=1S/2C10H12N2O2.3H2O/c2*13-10(14)8-3-4-11-9(7-8)12-5-1-2-6-12;;;/h2*3-4,7H,1-2,5-6H2,(H,13,14);3*1H2. The molecule has 11 heteroatoms. The van der Waals surface area contributed by atoms with Crippen molar-refractivity contribution in [2.24, 2.45) is 0 Å². The first-order valence-electron chi connectivity index (χ1n) is 9.43. The minimum absolute atomic E-state index is 0. The minimum Gasteiger partial charge on any atom is -0.478 e. The van der Waals surface area contributed by atoms with Crippen molar-refractivity contribution in [3.05, 3.63) is 47.8 Å². The number of hydrogen-bond donors (Lipinski definition) is 2. The molecule has 2 aromatic heterocycles. The smallest absolute Gasteiger partial charge is 0.335 e. The van der Waals surface area contributed by atoms with Crippen molar-refractivity contribution in [3.8, 4) is 0 Å². The number of pyridine rings is 2. The third-order valence-electron chi connectivity index (χ3n) is 4.85. The molecular formula is C20H30N4O7. The van der Waals surface area contributed by atoms with Gasteiger partial charge in [-0.25, -0.2) is 19.6 Å². The summed E-state index contributed by atoms with van der Waals surface area (Å²) in [6, 6.07) is 6.30. The number of aromatic nitrogens is 2. The molecule has 0 aromatic carbocycles. The van der Waals surface area contributed by atoms with Crippen LogP contribution in [0.5, 0.6) is 0 Å². The summed E-state index contributed by atoms with van der Waals surface area (Å²) >= 11 is 0. The van der Waals surface area contributed by atoms with Crippen LogP contribution in [0, 0.1) is 0 Å². The van der Waals surface area contributed by atoms with Gasteiger partial charge in [0.15, 0.2) is 0 Å². The highest BCUT2D eigenvalue weighted by Crippen LogP contribution is 2.19. The number of nitrogens with zero attached hydrogens (tertiary/aromatic N) is 4. The number of carboxylic acid groups (broad SMARTS) is 2. The summed E-state index contributed by atoms with van der Waals surface area (Å²) in [6.45, 7) is 3.93. The second-order valence-electron chi connectivity index (χ2n) is 6.80. The Bertz CT molecular complexity index is 768. The zero-order valence-electron chi connectivity index (χ0n) is 17.1. The Balaban J connectivity index is 0.000000529. The van der Waals surface area contributed by atoms with Crippen molar-refractivity contribution in [1.82, 2.24) is 9.97 Å². The molecule has 0 aliphatic carbocycles. The van der Waals surface area contributed by atoms with Gasteiger partial charge in [0, 0.05) is 38.6 Å². The van der Waals surface area contributed by atoms with Crippen LogP contribution in [0.2, 0.25) is 0 Å². The maximum atomic E-state index is 10.7. The molecule has 2 aromatic rings. The number of carbonyl (C=O) groups is 2. The second-order valence-corrected chi connectivity index (χ2v) is 6.80. The van der Waals surface area contributed by atoms with Gasteiger partial charge in [-0.1, -0.05) is 0 Å². The molecule has 0 atom stereocenters. The van der Waals surface area contributed by atoms with Crippen molar-refractivity contribution in [2.45, 2.75) is 25.7 Å². The molecule has 2 aliphatic rings. The SMILES string of the molecule is O.O.O.O=C(O)c1ccnc(N2CCCC2)c1.O=C(O)c1ccnc(N2CCCC2)c1. The number of hydrogen-bond acceptors (Lipinski definition) is 6. The predicted molar refractivity (Wildman–Crippen MR) is 116 cm³/mol.